The molecule has 1 aromatic heterocycles. The highest BCUT2D eigenvalue weighted by Gasteiger charge is 2.10. The fourth-order valence-electron chi connectivity index (χ4n) is 2.21. The van der Waals surface area contributed by atoms with Gasteiger partial charge in [-0.2, -0.15) is 0 Å². The first-order valence-corrected chi connectivity index (χ1v) is 8.67. The standard InChI is InChI=1S/C17H15BrN2OS/c1-11-7-12(2)9-14(8-11)16-19-20-17(21-16)22-10-13-3-5-15(18)6-4-13/h3-9H,10H2,1-2H3. The Bertz CT molecular complexity index is 763. The molecule has 0 fully saturated rings. The van der Waals surface area contributed by atoms with Gasteiger partial charge < -0.3 is 4.42 Å². The molecule has 1 heterocycles. The lowest BCUT2D eigenvalue weighted by Gasteiger charge is -2.00. The second-order valence-corrected chi connectivity index (χ2v) is 7.01. The minimum Gasteiger partial charge on any atom is -0.411 e. The van der Waals surface area contributed by atoms with E-state index in [0.29, 0.717) is 11.1 Å². The second kappa shape index (κ2) is 6.67. The van der Waals surface area contributed by atoms with Crippen molar-refractivity contribution in [2.75, 3.05) is 0 Å². The topological polar surface area (TPSA) is 38.9 Å². The van der Waals surface area contributed by atoms with Gasteiger partial charge in [0.2, 0.25) is 5.89 Å². The quantitative estimate of drug-likeness (QED) is 0.572. The largest absolute Gasteiger partial charge is 0.411 e. The van der Waals surface area contributed by atoms with E-state index in [9.17, 15) is 0 Å². The number of benzene rings is 2. The number of hydrogen-bond donors (Lipinski definition) is 0. The Morgan fingerprint density at radius 2 is 1.68 bits per heavy atom. The number of nitrogens with zero attached hydrogens (tertiary/aromatic N) is 2. The van der Waals surface area contributed by atoms with E-state index in [2.05, 4.69) is 70.3 Å². The molecule has 22 heavy (non-hydrogen) atoms. The van der Waals surface area contributed by atoms with E-state index in [1.807, 2.05) is 12.1 Å². The fraction of sp³-hybridized carbons (Fsp3) is 0.176. The summed E-state index contributed by atoms with van der Waals surface area (Å²) in [5.41, 5.74) is 4.58. The third kappa shape index (κ3) is 3.78. The third-order valence-corrected chi connectivity index (χ3v) is 4.57. The highest BCUT2D eigenvalue weighted by Crippen LogP contribution is 2.27. The second-order valence-electron chi connectivity index (χ2n) is 5.16. The lowest BCUT2D eigenvalue weighted by molar-refractivity contribution is 0.466. The van der Waals surface area contributed by atoms with E-state index in [0.717, 1.165) is 15.8 Å². The van der Waals surface area contributed by atoms with Crippen LogP contribution in [-0.2, 0) is 5.75 Å². The molecule has 3 aromatic rings. The van der Waals surface area contributed by atoms with E-state index >= 15 is 0 Å². The molecule has 3 rings (SSSR count). The average molecular weight is 375 g/mol. The molecule has 2 aromatic carbocycles. The maximum absolute atomic E-state index is 5.76. The van der Waals surface area contributed by atoms with Crippen molar-refractivity contribution in [1.29, 1.82) is 0 Å². The molecule has 0 unspecified atom stereocenters. The van der Waals surface area contributed by atoms with Crippen LogP contribution in [-0.4, -0.2) is 10.2 Å². The molecule has 3 nitrogen and oxygen atoms in total. The molecule has 0 atom stereocenters. The normalized spacial score (nSPS) is 10.9. The monoisotopic (exact) mass is 374 g/mol. The van der Waals surface area contributed by atoms with E-state index in [1.54, 1.807) is 11.8 Å². The Balaban J connectivity index is 1.72. The molecule has 0 aliphatic carbocycles. The maximum atomic E-state index is 5.76. The molecule has 112 valence electrons. The average Bonchev–Trinajstić information content (AvgIpc) is 2.95. The van der Waals surface area contributed by atoms with Gasteiger partial charge in [0.25, 0.3) is 5.22 Å². The van der Waals surface area contributed by atoms with Crippen molar-refractivity contribution in [2.45, 2.75) is 24.8 Å². The van der Waals surface area contributed by atoms with Crippen LogP contribution in [0.5, 0.6) is 0 Å². The van der Waals surface area contributed by atoms with Gasteiger partial charge in [-0.15, -0.1) is 10.2 Å². The van der Waals surface area contributed by atoms with Crippen molar-refractivity contribution in [3.63, 3.8) is 0 Å². The summed E-state index contributed by atoms with van der Waals surface area (Å²) >= 11 is 4.98. The summed E-state index contributed by atoms with van der Waals surface area (Å²) in [6.07, 6.45) is 0. The van der Waals surface area contributed by atoms with Crippen molar-refractivity contribution >= 4 is 27.7 Å². The van der Waals surface area contributed by atoms with Crippen molar-refractivity contribution in [1.82, 2.24) is 10.2 Å². The molecule has 0 radical (unpaired) electrons. The molecular weight excluding hydrogens is 360 g/mol. The van der Waals surface area contributed by atoms with Gasteiger partial charge >= 0.3 is 0 Å². The summed E-state index contributed by atoms with van der Waals surface area (Å²) in [5, 5.41) is 8.87. The summed E-state index contributed by atoms with van der Waals surface area (Å²) in [4.78, 5) is 0. The van der Waals surface area contributed by atoms with Crippen LogP contribution in [0, 0.1) is 13.8 Å². The summed E-state index contributed by atoms with van der Waals surface area (Å²) in [7, 11) is 0. The summed E-state index contributed by atoms with van der Waals surface area (Å²) < 4.78 is 6.84. The van der Waals surface area contributed by atoms with Gasteiger partial charge in [-0.05, 0) is 43.7 Å². The molecule has 5 heteroatoms. The van der Waals surface area contributed by atoms with E-state index in [-0.39, 0.29) is 0 Å². The van der Waals surface area contributed by atoms with Crippen molar-refractivity contribution in [3.05, 3.63) is 63.6 Å². The number of halogens is 1. The van der Waals surface area contributed by atoms with Crippen molar-refractivity contribution in [2.24, 2.45) is 0 Å². The maximum Gasteiger partial charge on any atom is 0.277 e. The summed E-state index contributed by atoms with van der Waals surface area (Å²) in [6.45, 7) is 4.13. The van der Waals surface area contributed by atoms with Gasteiger partial charge in [-0.3, -0.25) is 0 Å². The Morgan fingerprint density at radius 3 is 2.36 bits per heavy atom. The van der Waals surface area contributed by atoms with Crippen LogP contribution in [0.25, 0.3) is 11.5 Å². The lowest BCUT2D eigenvalue weighted by Crippen LogP contribution is -1.82. The first kappa shape index (κ1) is 15.3. The first-order valence-electron chi connectivity index (χ1n) is 6.89. The van der Waals surface area contributed by atoms with Crippen LogP contribution < -0.4 is 0 Å². The summed E-state index contributed by atoms with van der Waals surface area (Å²) in [5.74, 6) is 1.38. The predicted octanol–water partition coefficient (Wildman–Crippen LogP) is 5.41. The molecule has 0 saturated heterocycles. The Kier molecular flexibility index (Phi) is 4.64. The molecule has 0 aliphatic heterocycles. The Labute approximate surface area is 142 Å². The predicted molar refractivity (Wildman–Crippen MR) is 92.9 cm³/mol. The molecule has 0 amide bonds. The highest BCUT2D eigenvalue weighted by atomic mass is 79.9. The highest BCUT2D eigenvalue weighted by molar-refractivity contribution is 9.10. The van der Waals surface area contributed by atoms with Gasteiger partial charge in [-0.1, -0.05) is 57.0 Å². The number of rotatable bonds is 4. The molecule has 0 saturated carbocycles. The zero-order valence-electron chi connectivity index (χ0n) is 12.3. The van der Waals surface area contributed by atoms with Gasteiger partial charge in [0.1, 0.15) is 0 Å². The zero-order valence-corrected chi connectivity index (χ0v) is 14.7. The van der Waals surface area contributed by atoms with Crippen LogP contribution in [0.2, 0.25) is 0 Å². The van der Waals surface area contributed by atoms with Crippen LogP contribution in [0.15, 0.2) is 56.6 Å². The van der Waals surface area contributed by atoms with Gasteiger partial charge in [0.05, 0.1) is 0 Å². The van der Waals surface area contributed by atoms with Gasteiger partial charge in [-0.25, -0.2) is 0 Å². The van der Waals surface area contributed by atoms with Crippen LogP contribution in [0.3, 0.4) is 0 Å². The van der Waals surface area contributed by atoms with Crippen molar-refractivity contribution < 1.29 is 4.42 Å². The smallest absolute Gasteiger partial charge is 0.277 e. The van der Waals surface area contributed by atoms with E-state index in [1.165, 1.54) is 16.7 Å². The van der Waals surface area contributed by atoms with E-state index < -0.39 is 0 Å². The minimum atomic E-state index is 0.574. The Hall–Kier alpha value is -1.59. The zero-order chi connectivity index (χ0) is 15.5. The summed E-state index contributed by atoms with van der Waals surface area (Å²) in [6, 6.07) is 14.5. The molecular formula is C17H15BrN2OS. The third-order valence-electron chi connectivity index (χ3n) is 3.15. The van der Waals surface area contributed by atoms with Gasteiger partial charge in [0.15, 0.2) is 0 Å². The molecule has 0 aliphatic rings. The SMILES string of the molecule is Cc1cc(C)cc(-c2nnc(SCc3ccc(Br)cc3)o2)c1. The van der Waals surface area contributed by atoms with Crippen LogP contribution in [0.1, 0.15) is 16.7 Å². The molecule has 0 bridgehead atoms. The number of aryl methyl sites for hydroxylation is 2. The van der Waals surface area contributed by atoms with Crippen molar-refractivity contribution in [3.8, 4) is 11.5 Å². The number of aromatic nitrogens is 2. The minimum absolute atomic E-state index is 0.574. The number of hydrogen-bond acceptors (Lipinski definition) is 4. The molecule has 0 N–H and O–H groups in total. The fourth-order valence-corrected chi connectivity index (χ4v) is 3.19. The number of thioether (sulfide) groups is 1. The van der Waals surface area contributed by atoms with Crippen LogP contribution >= 0.6 is 27.7 Å². The van der Waals surface area contributed by atoms with Crippen LogP contribution in [0.4, 0.5) is 0 Å². The first-order chi connectivity index (χ1) is 10.6. The molecule has 0 spiro atoms. The van der Waals surface area contributed by atoms with Gasteiger partial charge in [0, 0.05) is 15.8 Å². The van der Waals surface area contributed by atoms with E-state index in [4.69, 9.17) is 4.42 Å². The lowest BCUT2D eigenvalue weighted by atomic mass is 10.1. The Morgan fingerprint density at radius 1 is 1.00 bits per heavy atom.